The number of sulfonamides is 1. The van der Waals surface area contributed by atoms with Crippen LogP contribution in [0, 0.1) is 0 Å². The zero-order valence-corrected chi connectivity index (χ0v) is 18.3. The fraction of sp³-hybridized carbons (Fsp3) is 0.476. The van der Waals surface area contributed by atoms with E-state index in [4.69, 9.17) is 4.74 Å². The van der Waals surface area contributed by atoms with Gasteiger partial charge in [-0.3, -0.25) is 9.10 Å². The maximum Gasteiger partial charge on any atom is 0.273 e. The Bertz CT molecular complexity index is 872. The number of carbonyl (C=O) groups excluding carboxylic acids is 1. The first-order chi connectivity index (χ1) is 14.0. The molecule has 6 nitrogen and oxygen atoms in total. The first-order valence-electron chi connectivity index (χ1n) is 10.0. The molecule has 1 heterocycles. The Morgan fingerprint density at radius 2 is 1.76 bits per heavy atom. The van der Waals surface area contributed by atoms with E-state index in [1.165, 1.54) is 42.0 Å². The predicted octanol–water partition coefficient (Wildman–Crippen LogP) is 4.18. The number of thiophene rings is 1. The van der Waals surface area contributed by atoms with Crippen LogP contribution in [0.3, 0.4) is 0 Å². The van der Waals surface area contributed by atoms with Gasteiger partial charge in [-0.2, -0.15) is 0 Å². The Balaban J connectivity index is 1.52. The summed E-state index contributed by atoms with van der Waals surface area (Å²) in [6.07, 6.45) is 8.17. The third-order valence-electron chi connectivity index (χ3n) is 5.15. The fourth-order valence-electron chi connectivity index (χ4n) is 3.45. The number of nitrogens with one attached hydrogen (secondary N) is 1. The van der Waals surface area contributed by atoms with Gasteiger partial charge in [0.2, 0.25) is 0 Å². The van der Waals surface area contributed by atoms with Gasteiger partial charge in [-0.05, 0) is 48.6 Å². The molecule has 1 saturated carbocycles. The summed E-state index contributed by atoms with van der Waals surface area (Å²) >= 11 is 1.19. The maximum absolute atomic E-state index is 12.6. The van der Waals surface area contributed by atoms with Gasteiger partial charge in [0, 0.05) is 13.1 Å². The van der Waals surface area contributed by atoms with Crippen LogP contribution in [0.1, 0.15) is 44.9 Å². The maximum atomic E-state index is 12.6. The van der Waals surface area contributed by atoms with Crippen molar-refractivity contribution < 1.29 is 17.9 Å². The molecule has 158 valence electrons. The van der Waals surface area contributed by atoms with Crippen LogP contribution >= 0.6 is 11.3 Å². The molecule has 0 atom stereocenters. The molecule has 29 heavy (non-hydrogen) atoms. The molecule has 2 aromatic rings. The van der Waals surface area contributed by atoms with Gasteiger partial charge >= 0.3 is 0 Å². The molecule has 0 spiro atoms. The van der Waals surface area contributed by atoms with Crippen molar-refractivity contribution >= 4 is 33.0 Å². The molecule has 1 aliphatic rings. The summed E-state index contributed by atoms with van der Waals surface area (Å²) in [5.41, 5.74) is 0.532. The Morgan fingerprint density at radius 3 is 2.38 bits per heavy atom. The molecule has 1 fully saturated rings. The van der Waals surface area contributed by atoms with E-state index < -0.39 is 10.0 Å². The molecule has 8 heteroatoms. The molecule has 0 unspecified atom stereocenters. The topological polar surface area (TPSA) is 75.7 Å². The van der Waals surface area contributed by atoms with E-state index in [-0.39, 0.29) is 18.6 Å². The van der Waals surface area contributed by atoms with Crippen LogP contribution < -0.4 is 14.4 Å². The number of nitrogens with zero attached hydrogens (tertiary/aromatic N) is 1. The standard InChI is InChI=1S/C21H28N2O4S2/c1-23(29(25,26)21-10-7-15-28-21)18-11-13-19(14-12-18)27-16-20(24)22-17-8-5-3-2-4-6-9-17/h7,10-15,17H,2-6,8-9,16H2,1H3,(H,22,24). The highest BCUT2D eigenvalue weighted by Crippen LogP contribution is 2.26. The molecule has 0 radical (unpaired) electrons. The molecule has 1 amide bonds. The number of benzene rings is 1. The molecule has 0 saturated heterocycles. The van der Waals surface area contributed by atoms with E-state index >= 15 is 0 Å². The zero-order chi connectivity index (χ0) is 20.7. The van der Waals surface area contributed by atoms with Crippen molar-refractivity contribution in [3.63, 3.8) is 0 Å². The molecule has 1 aromatic carbocycles. The van der Waals surface area contributed by atoms with E-state index in [1.54, 1.807) is 41.8 Å². The number of amides is 1. The molecule has 0 bridgehead atoms. The smallest absolute Gasteiger partial charge is 0.273 e. The quantitative estimate of drug-likeness (QED) is 0.706. The van der Waals surface area contributed by atoms with Crippen molar-refractivity contribution in [3.8, 4) is 5.75 Å². The highest BCUT2D eigenvalue weighted by molar-refractivity contribution is 7.94. The zero-order valence-electron chi connectivity index (χ0n) is 16.7. The van der Waals surface area contributed by atoms with Crippen LogP contribution in [-0.2, 0) is 14.8 Å². The van der Waals surface area contributed by atoms with Gasteiger partial charge in [-0.1, -0.05) is 38.2 Å². The second-order valence-corrected chi connectivity index (χ2v) is 10.4. The Morgan fingerprint density at radius 1 is 1.10 bits per heavy atom. The Labute approximate surface area is 176 Å². The minimum atomic E-state index is -3.56. The van der Waals surface area contributed by atoms with E-state index in [9.17, 15) is 13.2 Å². The summed E-state index contributed by atoms with van der Waals surface area (Å²) in [4.78, 5) is 12.2. The summed E-state index contributed by atoms with van der Waals surface area (Å²) in [5.74, 6) is 0.417. The lowest BCUT2D eigenvalue weighted by molar-refractivity contribution is -0.123. The van der Waals surface area contributed by atoms with Crippen LogP contribution in [0.15, 0.2) is 46.0 Å². The van der Waals surface area contributed by atoms with Gasteiger partial charge in [0.1, 0.15) is 9.96 Å². The van der Waals surface area contributed by atoms with Gasteiger partial charge in [0.25, 0.3) is 15.9 Å². The van der Waals surface area contributed by atoms with Crippen LogP contribution in [0.25, 0.3) is 0 Å². The van der Waals surface area contributed by atoms with Crippen LogP contribution in [0.2, 0.25) is 0 Å². The van der Waals surface area contributed by atoms with Crippen molar-refractivity contribution in [3.05, 3.63) is 41.8 Å². The molecular formula is C21H28N2O4S2. The van der Waals surface area contributed by atoms with Gasteiger partial charge in [0.15, 0.2) is 6.61 Å². The van der Waals surface area contributed by atoms with Crippen LogP contribution in [-0.4, -0.2) is 34.0 Å². The molecule has 3 rings (SSSR count). The predicted molar refractivity (Wildman–Crippen MR) is 116 cm³/mol. The molecule has 1 aliphatic carbocycles. The summed E-state index contributed by atoms with van der Waals surface area (Å²) in [7, 11) is -2.04. The number of hydrogen-bond acceptors (Lipinski definition) is 5. The largest absolute Gasteiger partial charge is 0.484 e. The summed E-state index contributed by atoms with van der Waals surface area (Å²) in [5, 5.41) is 4.81. The highest BCUT2D eigenvalue weighted by Gasteiger charge is 2.22. The van der Waals surface area contributed by atoms with E-state index in [0.29, 0.717) is 15.6 Å². The molecule has 1 N–H and O–H groups in total. The first-order valence-corrected chi connectivity index (χ1v) is 12.3. The summed E-state index contributed by atoms with van der Waals surface area (Å²) in [6.45, 7) is -0.0425. The lowest BCUT2D eigenvalue weighted by atomic mass is 9.97. The van der Waals surface area contributed by atoms with Crippen molar-refractivity contribution in [2.75, 3.05) is 18.0 Å². The minimum absolute atomic E-state index is 0.0425. The number of carbonyl (C=O) groups is 1. The number of rotatable bonds is 7. The van der Waals surface area contributed by atoms with Crippen molar-refractivity contribution in [2.24, 2.45) is 0 Å². The first kappa shape index (κ1) is 21.6. The van der Waals surface area contributed by atoms with Gasteiger partial charge < -0.3 is 10.1 Å². The Kier molecular flexibility index (Phi) is 7.55. The summed E-state index contributed by atoms with van der Waals surface area (Å²) in [6, 6.07) is 10.2. The average molecular weight is 437 g/mol. The van der Waals surface area contributed by atoms with E-state index in [2.05, 4.69) is 5.32 Å². The minimum Gasteiger partial charge on any atom is -0.484 e. The van der Waals surface area contributed by atoms with Crippen LogP contribution in [0.5, 0.6) is 5.75 Å². The highest BCUT2D eigenvalue weighted by atomic mass is 32.2. The summed E-state index contributed by atoms with van der Waals surface area (Å²) < 4.78 is 32.3. The second kappa shape index (κ2) is 10.1. The van der Waals surface area contributed by atoms with Crippen LogP contribution in [0.4, 0.5) is 5.69 Å². The average Bonchev–Trinajstić information content (AvgIpc) is 3.24. The lowest BCUT2D eigenvalue weighted by Gasteiger charge is -2.21. The lowest BCUT2D eigenvalue weighted by Crippen LogP contribution is -2.38. The third-order valence-corrected chi connectivity index (χ3v) is 8.31. The number of ether oxygens (including phenoxy) is 1. The van der Waals surface area contributed by atoms with E-state index in [0.717, 1.165) is 25.7 Å². The van der Waals surface area contributed by atoms with Gasteiger partial charge in [-0.15, -0.1) is 11.3 Å². The fourth-order valence-corrected chi connectivity index (χ4v) is 5.81. The van der Waals surface area contributed by atoms with E-state index in [1.807, 2.05) is 0 Å². The van der Waals surface area contributed by atoms with Crippen molar-refractivity contribution in [1.82, 2.24) is 5.32 Å². The Hall–Kier alpha value is -2.06. The van der Waals surface area contributed by atoms with Gasteiger partial charge in [0.05, 0.1) is 5.69 Å². The number of hydrogen-bond donors (Lipinski definition) is 1. The SMILES string of the molecule is CN(c1ccc(OCC(=O)NC2CCCCCCC2)cc1)S(=O)(=O)c1cccs1. The second-order valence-electron chi connectivity index (χ2n) is 7.30. The van der Waals surface area contributed by atoms with Crippen molar-refractivity contribution in [1.29, 1.82) is 0 Å². The van der Waals surface area contributed by atoms with Crippen molar-refractivity contribution in [2.45, 2.75) is 55.2 Å². The molecule has 1 aromatic heterocycles. The molecular weight excluding hydrogens is 408 g/mol. The van der Waals surface area contributed by atoms with Gasteiger partial charge in [-0.25, -0.2) is 8.42 Å². The third kappa shape index (κ3) is 5.96. The monoisotopic (exact) mass is 436 g/mol. The molecule has 0 aliphatic heterocycles. The normalized spacial score (nSPS) is 15.9. The number of anilines is 1.